The van der Waals surface area contributed by atoms with Gasteiger partial charge in [-0.1, -0.05) is 17.8 Å². The molecule has 0 aliphatic carbocycles. The van der Waals surface area contributed by atoms with Crippen molar-refractivity contribution in [3.8, 4) is 0 Å². The summed E-state index contributed by atoms with van der Waals surface area (Å²) in [5, 5.41) is 2.78. The SMILES string of the molecule is Cc1ccc(NC(=O)CN2CCSC2=O)c(Br)c1. The van der Waals surface area contributed by atoms with E-state index in [9.17, 15) is 9.59 Å². The average Bonchev–Trinajstić information content (AvgIpc) is 2.69. The summed E-state index contributed by atoms with van der Waals surface area (Å²) in [5.41, 5.74) is 1.84. The summed E-state index contributed by atoms with van der Waals surface area (Å²) in [6, 6.07) is 5.71. The Morgan fingerprint density at radius 3 is 2.94 bits per heavy atom. The Bertz CT molecular complexity index is 493. The van der Waals surface area contributed by atoms with Crippen LogP contribution < -0.4 is 5.32 Å². The summed E-state index contributed by atoms with van der Waals surface area (Å²) < 4.78 is 0.845. The lowest BCUT2D eigenvalue weighted by Crippen LogP contribution is -2.33. The zero-order valence-corrected chi connectivity index (χ0v) is 12.3. The smallest absolute Gasteiger partial charge is 0.282 e. The van der Waals surface area contributed by atoms with Gasteiger partial charge in [-0.3, -0.25) is 9.59 Å². The molecular weight excluding hydrogens is 316 g/mol. The fraction of sp³-hybridized carbons (Fsp3) is 0.333. The second kappa shape index (κ2) is 5.75. The van der Waals surface area contributed by atoms with Crippen molar-refractivity contribution in [2.24, 2.45) is 0 Å². The number of nitrogens with one attached hydrogen (secondary N) is 1. The second-order valence-corrected chi connectivity index (χ2v) is 5.97. The minimum atomic E-state index is -0.171. The van der Waals surface area contributed by atoms with E-state index in [-0.39, 0.29) is 17.7 Å². The Kier molecular flexibility index (Phi) is 4.29. The van der Waals surface area contributed by atoms with Gasteiger partial charge in [-0.2, -0.15) is 0 Å². The molecule has 1 aromatic carbocycles. The van der Waals surface area contributed by atoms with Gasteiger partial charge in [-0.15, -0.1) is 0 Å². The minimum Gasteiger partial charge on any atom is -0.324 e. The van der Waals surface area contributed by atoms with E-state index in [1.807, 2.05) is 25.1 Å². The van der Waals surface area contributed by atoms with E-state index < -0.39 is 0 Å². The third-order valence-corrected chi connectivity index (χ3v) is 4.13. The molecule has 1 aromatic rings. The lowest BCUT2D eigenvalue weighted by Gasteiger charge is -2.14. The summed E-state index contributed by atoms with van der Waals surface area (Å²) in [4.78, 5) is 24.7. The highest BCUT2D eigenvalue weighted by Gasteiger charge is 2.23. The molecule has 0 atom stereocenters. The van der Waals surface area contributed by atoms with E-state index in [4.69, 9.17) is 0 Å². The van der Waals surface area contributed by atoms with Crippen LogP contribution >= 0.6 is 27.7 Å². The number of anilines is 1. The fourth-order valence-electron chi connectivity index (χ4n) is 1.65. The maximum absolute atomic E-state index is 11.8. The van der Waals surface area contributed by atoms with Gasteiger partial charge in [-0.25, -0.2) is 0 Å². The van der Waals surface area contributed by atoms with Crippen molar-refractivity contribution in [2.45, 2.75) is 6.92 Å². The first-order valence-corrected chi connectivity index (χ1v) is 7.32. The molecule has 1 fully saturated rings. The van der Waals surface area contributed by atoms with Crippen molar-refractivity contribution in [3.63, 3.8) is 0 Å². The Labute approximate surface area is 118 Å². The van der Waals surface area contributed by atoms with Crippen LogP contribution in [0.4, 0.5) is 10.5 Å². The molecule has 0 bridgehead atoms. The van der Waals surface area contributed by atoms with E-state index in [1.165, 1.54) is 11.8 Å². The molecule has 2 rings (SSSR count). The Balaban J connectivity index is 1.96. The van der Waals surface area contributed by atoms with Crippen molar-refractivity contribution in [1.82, 2.24) is 4.90 Å². The standard InChI is InChI=1S/C12H13BrN2O2S/c1-8-2-3-10(9(13)6-8)14-11(16)7-15-4-5-18-12(15)17/h2-3,6H,4-5,7H2,1H3,(H,14,16). The van der Waals surface area contributed by atoms with Crippen LogP contribution in [-0.4, -0.2) is 34.9 Å². The number of thioether (sulfide) groups is 1. The quantitative estimate of drug-likeness (QED) is 0.928. The van der Waals surface area contributed by atoms with Gasteiger partial charge in [0.1, 0.15) is 6.54 Å². The molecule has 18 heavy (non-hydrogen) atoms. The molecule has 0 radical (unpaired) electrons. The highest BCUT2D eigenvalue weighted by Crippen LogP contribution is 2.23. The molecule has 0 saturated carbocycles. The number of hydrogen-bond acceptors (Lipinski definition) is 3. The first kappa shape index (κ1) is 13.4. The van der Waals surface area contributed by atoms with Crippen LogP contribution in [0.25, 0.3) is 0 Å². The zero-order chi connectivity index (χ0) is 13.1. The lowest BCUT2D eigenvalue weighted by atomic mass is 10.2. The van der Waals surface area contributed by atoms with E-state index >= 15 is 0 Å². The van der Waals surface area contributed by atoms with Crippen LogP contribution in [0.3, 0.4) is 0 Å². The number of benzene rings is 1. The number of rotatable bonds is 3. The number of carbonyl (C=O) groups excluding carboxylic acids is 2. The molecule has 1 saturated heterocycles. The average molecular weight is 329 g/mol. The fourth-order valence-corrected chi connectivity index (χ4v) is 3.07. The lowest BCUT2D eigenvalue weighted by molar-refractivity contribution is -0.116. The van der Waals surface area contributed by atoms with Crippen molar-refractivity contribution in [3.05, 3.63) is 28.2 Å². The minimum absolute atomic E-state index is 0.0203. The Morgan fingerprint density at radius 1 is 1.56 bits per heavy atom. The van der Waals surface area contributed by atoms with Crippen molar-refractivity contribution in [2.75, 3.05) is 24.2 Å². The maximum Gasteiger partial charge on any atom is 0.282 e. The van der Waals surface area contributed by atoms with Crippen LogP contribution in [-0.2, 0) is 4.79 Å². The van der Waals surface area contributed by atoms with E-state index in [0.717, 1.165) is 21.5 Å². The molecule has 1 heterocycles. The van der Waals surface area contributed by atoms with Gasteiger partial charge in [0, 0.05) is 16.8 Å². The highest BCUT2D eigenvalue weighted by atomic mass is 79.9. The number of amides is 2. The summed E-state index contributed by atoms with van der Waals surface area (Å²) in [6.45, 7) is 2.74. The van der Waals surface area contributed by atoms with E-state index in [2.05, 4.69) is 21.2 Å². The van der Waals surface area contributed by atoms with Gasteiger partial charge in [-0.05, 0) is 40.5 Å². The summed E-state index contributed by atoms with van der Waals surface area (Å²) in [7, 11) is 0. The number of aryl methyl sites for hydroxylation is 1. The number of halogens is 1. The monoisotopic (exact) mass is 328 g/mol. The highest BCUT2D eigenvalue weighted by molar-refractivity contribution is 9.10. The molecule has 2 amide bonds. The summed E-state index contributed by atoms with van der Waals surface area (Å²) in [6.07, 6.45) is 0. The molecule has 1 aliphatic rings. The predicted octanol–water partition coefficient (Wildman–Crippen LogP) is 2.86. The summed E-state index contributed by atoms with van der Waals surface area (Å²) in [5.74, 6) is 0.593. The molecule has 0 spiro atoms. The largest absolute Gasteiger partial charge is 0.324 e. The van der Waals surface area contributed by atoms with Crippen LogP contribution in [0, 0.1) is 6.92 Å². The van der Waals surface area contributed by atoms with Crippen LogP contribution in [0.15, 0.2) is 22.7 Å². The topological polar surface area (TPSA) is 49.4 Å². The molecular formula is C12H13BrN2O2S. The van der Waals surface area contributed by atoms with Gasteiger partial charge in [0.2, 0.25) is 5.91 Å². The number of carbonyl (C=O) groups is 2. The first-order valence-electron chi connectivity index (χ1n) is 5.54. The third kappa shape index (κ3) is 3.26. The van der Waals surface area contributed by atoms with Gasteiger partial charge in [0.25, 0.3) is 5.24 Å². The molecule has 96 valence electrons. The zero-order valence-electron chi connectivity index (χ0n) is 9.90. The molecule has 6 heteroatoms. The molecule has 0 unspecified atom stereocenters. The Hall–Kier alpha value is -1.01. The molecule has 4 nitrogen and oxygen atoms in total. The summed E-state index contributed by atoms with van der Waals surface area (Å²) >= 11 is 4.66. The van der Waals surface area contributed by atoms with Gasteiger partial charge in [0.05, 0.1) is 5.69 Å². The molecule has 0 aromatic heterocycles. The number of nitrogens with zero attached hydrogens (tertiary/aromatic N) is 1. The molecule has 1 aliphatic heterocycles. The van der Waals surface area contributed by atoms with Crippen molar-refractivity contribution >= 4 is 44.5 Å². The maximum atomic E-state index is 11.8. The first-order chi connectivity index (χ1) is 8.56. The normalized spacial score (nSPS) is 15.0. The molecule has 1 N–H and O–H groups in total. The Morgan fingerprint density at radius 2 is 2.33 bits per heavy atom. The van der Waals surface area contributed by atoms with E-state index in [1.54, 1.807) is 4.90 Å². The van der Waals surface area contributed by atoms with Crippen LogP contribution in [0.2, 0.25) is 0 Å². The third-order valence-electron chi connectivity index (χ3n) is 2.58. The number of hydrogen-bond donors (Lipinski definition) is 1. The van der Waals surface area contributed by atoms with Crippen LogP contribution in [0.1, 0.15) is 5.56 Å². The van der Waals surface area contributed by atoms with Gasteiger partial charge < -0.3 is 10.2 Å². The van der Waals surface area contributed by atoms with Crippen molar-refractivity contribution < 1.29 is 9.59 Å². The van der Waals surface area contributed by atoms with Gasteiger partial charge >= 0.3 is 0 Å². The second-order valence-electron chi connectivity index (χ2n) is 4.07. The predicted molar refractivity (Wildman–Crippen MR) is 76.9 cm³/mol. The van der Waals surface area contributed by atoms with E-state index in [0.29, 0.717) is 6.54 Å². The van der Waals surface area contributed by atoms with Crippen molar-refractivity contribution in [1.29, 1.82) is 0 Å². The van der Waals surface area contributed by atoms with Gasteiger partial charge in [0.15, 0.2) is 0 Å². The van der Waals surface area contributed by atoms with Crippen LogP contribution in [0.5, 0.6) is 0 Å².